The second-order valence-corrected chi connectivity index (χ2v) is 7.25. The van der Waals surface area contributed by atoms with Gasteiger partial charge in [0.1, 0.15) is 5.75 Å². The van der Waals surface area contributed by atoms with E-state index >= 15 is 0 Å². The van der Waals surface area contributed by atoms with Crippen LogP contribution >= 0.6 is 0 Å². The molecule has 0 aliphatic carbocycles. The number of benzene rings is 2. The summed E-state index contributed by atoms with van der Waals surface area (Å²) in [5, 5.41) is 5.79. The molecule has 0 spiro atoms. The molecule has 0 aromatic heterocycles. The van der Waals surface area contributed by atoms with Gasteiger partial charge in [0.05, 0.1) is 12.0 Å². The van der Waals surface area contributed by atoms with Crippen LogP contribution in [-0.4, -0.2) is 41.6 Å². The number of sulfonamides is 1. The van der Waals surface area contributed by atoms with Gasteiger partial charge in [-0.05, 0) is 68.5 Å². The first kappa shape index (κ1) is 19.7. The molecule has 2 aromatic rings. The summed E-state index contributed by atoms with van der Waals surface area (Å²) in [6, 6.07) is 12.4. The minimum absolute atomic E-state index is 0.0834. The highest BCUT2D eigenvalue weighted by Gasteiger charge is 2.15. The fourth-order valence-electron chi connectivity index (χ4n) is 2.23. The SMILES string of the molecule is CNCCCNC(=O)c1ccc(S(=O)(=O)Nc2ccc(OC)cc2)cc1. The quantitative estimate of drug-likeness (QED) is 0.580. The van der Waals surface area contributed by atoms with Crippen LogP contribution in [0.4, 0.5) is 5.69 Å². The smallest absolute Gasteiger partial charge is 0.261 e. The van der Waals surface area contributed by atoms with Gasteiger partial charge in [-0.1, -0.05) is 0 Å². The number of amides is 1. The fourth-order valence-corrected chi connectivity index (χ4v) is 3.29. The highest BCUT2D eigenvalue weighted by Crippen LogP contribution is 2.19. The Labute approximate surface area is 153 Å². The predicted octanol–water partition coefficient (Wildman–Crippen LogP) is 1.84. The lowest BCUT2D eigenvalue weighted by Crippen LogP contribution is -2.26. The van der Waals surface area contributed by atoms with Crippen molar-refractivity contribution in [2.24, 2.45) is 0 Å². The zero-order chi connectivity index (χ0) is 19.0. The van der Waals surface area contributed by atoms with Crippen LogP contribution in [0.3, 0.4) is 0 Å². The van der Waals surface area contributed by atoms with Crippen molar-refractivity contribution < 1.29 is 17.9 Å². The van der Waals surface area contributed by atoms with Crippen LogP contribution in [-0.2, 0) is 10.0 Å². The van der Waals surface area contributed by atoms with E-state index in [9.17, 15) is 13.2 Å². The minimum Gasteiger partial charge on any atom is -0.497 e. The molecule has 0 fully saturated rings. The summed E-state index contributed by atoms with van der Waals surface area (Å²) in [5.74, 6) is 0.409. The molecule has 0 unspecified atom stereocenters. The molecule has 2 aromatic carbocycles. The first-order chi connectivity index (χ1) is 12.5. The molecule has 3 N–H and O–H groups in total. The van der Waals surface area contributed by atoms with E-state index < -0.39 is 10.0 Å². The molecule has 0 aliphatic rings. The molecule has 8 heteroatoms. The highest BCUT2D eigenvalue weighted by atomic mass is 32.2. The van der Waals surface area contributed by atoms with Gasteiger partial charge in [0.2, 0.25) is 0 Å². The molecule has 0 atom stereocenters. The van der Waals surface area contributed by atoms with Gasteiger partial charge in [0.15, 0.2) is 0 Å². The van der Waals surface area contributed by atoms with Crippen LogP contribution in [0.25, 0.3) is 0 Å². The van der Waals surface area contributed by atoms with E-state index in [1.165, 1.54) is 31.4 Å². The van der Waals surface area contributed by atoms with E-state index in [0.29, 0.717) is 23.5 Å². The molecule has 0 saturated heterocycles. The van der Waals surface area contributed by atoms with Crippen molar-refractivity contribution in [1.29, 1.82) is 0 Å². The van der Waals surface area contributed by atoms with Crippen molar-refractivity contribution in [1.82, 2.24) is 10.6 Å². The lowest BCUT2D eigenvalue weighted by atomic mass is 10.2. The molecular weight excluding hydrogens is 354 g/mol. The maximum absolute atomic E-state index is 12.4. The van der Waals surface area contributed by atoms with Crippen LogP contribution in [0.5, 0.6) is 5.75 Å². The Kier molecular flexibility index (Phi) is 6.99. The first-order valence-electron chi connectivity index (χ1n) is 8.16. The van der Waals surface area contributed by atoms with Crippen molar-refractivity contribution in [2.75, 3.05) is 32.0 Å². The monoisotopic (exact) mass is 377 g/mol. The second-order valence-electron chi connectivity index (χ2n) is 5.57. The molecule has 0 radical (unpaired) electrons. The summed E-state index contributed by atoms with van der Waals surface area (Å²) in [6.45, 7) is 1.37. The van der Waals surface area contributed by atoms with Crippen LogP contribution in [0.15, 0.2) is 53.4 Å². The third kappa shape index (κ3) is 5.47. The third-order valence-corrected chi connectivity index (χ3v) is 5.06. The molecule has 1 amide bonds. The predicted molar refractivity (Wildman–Crippen MR) is 101 cm³/mol. The van der Waals surface area contributed by atoms with Crippen LogP contribution in [0, 0.1) is 0 Å². The zero-order valence-electron chi connectivity index (χ0n) is 14.8. The Hall–Kier alpha value is -2.58. The number of carbonyl (C=O) groups is 1. The van der Waals surface area contributed by atoms with Crippen molar-refractivity contribution >= 4 is 21.6 Å². The lowest BCUT2D eigenvalue weighted by Gasteiger charge is -2.10. The van der Waals surface area contributed by atoms with Gasteiger partial charge >= 0.3 is 0 Å². The molecule has 0 heterocycles. The molecule has 2 rings (SSSR count). The Morgan fingerprint density at radius 3 is 2.23 bits per heavy atom. The van der Waals surface area contributed by atoms with E-state index in [4.69, 9.17) is 4.74 Å². The molecule has 26 heavy (non-hydrogen) atoms. The summed E-state index contributed by atoms with van der Waals surface area (Å²) in [4.78, 5) is 12.1. The van der Waals surface area contributed by atoms with Gasteiger partial charge in [-0.3, -0.25) is 9.52 Å². The van der Waals surface area contributed by atoms with Crippen LogP contribution in [0.1, 0.15) is 16.8 Å². The van der Waals surface area contributed by atoms with Gasteiger partial charge in [-0.2, -0.15) is 0 Å². The summed E-state index contributed by atoms with van der Waals surface area (Å²) in [6.07, 6.45) is 0.820. The van der Waals surface area contributed by atoms with Crippen molar-refractivity contribution in [3.05, 3.63) is 54.1 Å². The van der Waals surface area contributed by atoms with E-state index in [1.54, 1.807) is 24.3 Å². The summed E-state index contributed by atoms with van der Waals surface area (Å²) >= 11 is 0. The molecule has 7 nitrogen and oxygen atoms in total. The minimum atomic E-state index is -3.73. The van der Waals surface area contributed by atoms with Gasteiger partial charge in [0, 0.05) is 17.8 Å². The first-order valence-corrected chi connectivity index (χ1v) is 9.64. The largest absolute Gasteiger partial charge is 0.497 e. The Balaban J connectivity index is 2.02. The van der Waals surface area contributed by atoms with E-state index in [1.807, 2.05) is 7.05 Å². The average molecular weight is 377 g/mol. The number of hydrogen-bond acceptors (Lipinski definition) is 5. The maximum Gasteiger partial charge on any atom is 0.261 e. The van der Waals surface area contributed by atoms with E-state index in [2.05, 4.69) is 15.4 Å². The Morgan fingerprint density at radius 1 is 1.00 bits per heavy atom. The summed E-state index contributed by atoms with van der Waals surface area (Å²) in [7, 11) is -0.343. The van der Waals surface area contributed by atoms with Crippen molar-refractivity contribution in [2.45, 2.75) is 11.3 Å². The highest BCUT2D eigenvalue weighted by molar-refractivity contribution is 7.92. The fraction of sp³-hybridized carbons (Fsp3) is 0.278. The number of hydrogen-bond donors (Lipinski definition) is 3. The molecule has 0 aliphatic heterocycles. The molecule has 0 saturated carbocycles. The zero-order valence-corrected chi connectivity index (χ0v) is 15.6. The average Bonchev–Trinajstić information content (AvgIpc) is 2.65. The van der Waals surface area contributed by atoms with Crippen LogP contribution in [0.2, 0.25) is 0 Å². The van der Waals surface area contributed by atoms with Crippen molar-refractivity contribution in [3.8, 4) is 5.75 Å². The summed E-state index contributed by atoms with van der Waals surface area (Å²) < 4.78 is 32.4. The van der Waals surface area contributed by atoms with Gasteiger partial charge < -0.3 is 15.4 Å². The molecular formula is C18H23N3O4S. The van der Waals surface area contributed by atoms with Crippen molar-refractivity contribution in [3.63, 3.8) is 0 Å². The maximum atomic E-state index is 12.4. The summed E-state index contributed by atoms with van der Waals surface area (Å²) in [5.41, 5.74) is 0.843. The molecule has 140 valence electrons. The number of methoxy groups -OCH3 is 1. The van der Waals surface area contributed by atoms with E-state index in [0.717, 1.165) is 13.0 Å². The Bertz CT molecular complexity index is 819. The molecule has 0 bridgehead atoms. The standard InChI is InChI=1S/C18H23N3O4S/c1-19-12-3-13-20-18(22)14-4-10-17(11-5-14)26(23,24)21-15-6-8-16(25-2)9-7-15/h4-11,19,21H,3,12-13H2,1-2H3,(H,20,22). The van der Waals surface area contributed by atoms with Crippen LogP contribution < -0.4 is 20.1 Å². The number of carbonyl (C=O) groups excluding carboxylic acids is 1. The van der Waals surface area contributed by atoms with Gasteiger partial charge in [0.25, 0.3) is 15.9 Å². The number of rotatable bonds is 9. The normalized spacial score (nSPS) is 11.0. The number of anilines is 1. The number of ether oxygens (including phenoxy) is 1. The topological polar surface area (TPSA) is 96.5 Å². The second kappa shape index (κ2) is 9.21. The van der Waals surface area contributed by atoms with Gasteiger partial charge in [-0.15, -0.1) is 0 Å². The Morgan fingerprint density at radius 2 is 1.65 bits per heavy atom. The van der Waals surface area contributed by atoms with E-state index in [-0.39, 0.29) is 10.8 Å². The third-order valence-electron chi connectivity index (χ3n) is 3.66. The lowest BCUT2D eigenvalue weighted by molar-refractivity contribution is 0.0953. The number of nitrogens with one attached hydrogen (secondary N) is 3. The van der Waals surface area contributed by atoms with Gasteiger partial charge in [-0.25, -0.2) is 8.42 Å².